The van der Waals surface area contributed by atoms with E-state index in [4.69, 9.17) is 10.8 Å². The lowest BCUT2D eigenvalue weighted by molar-refractivity contribution is 0.476. The summed E-state index contributed by atoms with van der Waals surface area (Å²) >= 11 is 0.985. The summed E-state index contributed by atoms with van der Waals surface area (Å²) in [5, 5.41) is 9.48. The highest BCUT2D eigenvalue weighted by atomic mass is 32.1. The Hall–Kier alpha value is -1.29. The molecule has 0 spiro atoms. The van der Waals surface area contributed by atoms with E-state index in [1.54, 1.807) is 0 Å². The second kappa shape index (κ2) is 2.35. The number of fused-ring (bicyclic) bond motifs is 1. The molecule has 0 bridgehead atoms. The molecule has 2 aromatic rings. The highest BCUT2D eigenvalue weighted by Crippen LogP contribution is 2.32. The Morgan fingerprint density at radius 3 is 2.83 bits per heavy atom. The van der Waals surface area contributed by atoms with Crippen molar-refractivity contribution in [2.45, 2.75) is 0 Å². The second-order valence-corrected chi connectivity index (χ2v) is 3.51. The van der Waals surface area contributed by atoms with Crippen LogP contribution in [0.25, 0.3) is 10.1 Å². The average molecular weight is 183 g/mol. The van der Waals surface area contributed by atoms with Gasteiger partial charge in [0.15, 0.2) is 5.13 Å². The lowest BCUT2D eigenvalue weighted by Gasteiger charge is -1.96. The van der Waals surface area contributed by atoms with Gasteiger partial charge in [-0.05, 0) is 12.1 Å². The zero-order chi connectivity index (χ0) is 8.72. The third kappa shape index (κ3) is 1.00. The Labute approximate surface area is 72.1 Å². The SMILES string of the molecule is Nc1cc(O)cc2cc(F)sc12. The summed E-state index contributed by atoms with van der Waals surface area (Å²) in [7, 11) is 0. The number of anilines is 1. The van der Waals surface area contributed by atoms with Crippen LogP contribution in [0.2, 0.25) is 0 Å². The Morgan fingerprint density at radius 1 is 1.33 bits per heavy atom. The highest BCUT2D eigenvalue weighted by Gasteiger charge is 2.05. The molecule has 1 aromatic heterocycles. The Bertz CT molecular complexity index is 438. The third-order valence-electron chi connectivity index (χ3n) is 1.60. The number of nitrogens with two attached hydrogens (primary N) is 1. The van der Waals surface area contributed by atoms with Gasteiger partial charge in [-0.3, -0.25) is 0 Å². The summed E-state index contributed by atoms with van der Waals surface area (Å²) in [5.74, 6) is 0.0674. The average Bonchev–Trinajstić information content (AvgIpc) is 2.29. The van der Waals surface area contributed by atoms with Crippen LogP contribution in [0.15, 0.2) is 18.2 Å². The molecule has 0 aliphatic heterocycles. The van der Waals surface area contributed by atoms with E-state index in [1.807, 2.05) is 0 Å². The quantitative estimate of drug-likeness (QED) is 0.616. The maximum Gasteiger partial charge on any atom is 0.177 e. The number of thiophene rings is 1. The summed E-state index contributed by atoms with van der Waals surface area (Å²) in [5.41, 5.74) is 5.97. The van der Waals surface area contributed by atoms with Crippen LogP contribution < -0.4 is 5.73 Å². The third-order valence-corrected chi connectivity index (χ3v) is 2.59. The molecule has 0 amide bonds. The second-order valence-electron chi connectivity index (χ2n) is 2.50. The molecule has 0 saturated heterocycles. The fourth-order valence-corrected chi connectivity index (χ4v) is 1.93. The lowest BCUT2D eigenvalue weighted by Crippen LogP contribution is -1.82. The number of halogens is 1. The van der Waals surface area contributed by atoms with Crippen molar-refractivity contribution >= 4 is 27.1 Å². The van der Waals surface area contributed by atoms with Gasteiger partial charge in [-0.25, -0.2) is 0 Å². The number of phenolic OH excluding ortho intramolecular Hbond substituents is 1. The number of benzene rings is 1. The van der Waals surface area contributed by atoms with Gasteiger partial charge in [-0.15, -0.1) is 11.3 Å². The summed E-state index contributed by atoms with van der Waals surface area (Å²) < 4.78 is 13.4. The van der Waals surface area contributed by atoms with Gasteiger partial charge in [0.25, 0.3) is 0 Å². The first-order valence-electron chi connectivity index (χ1n) is 3.34. The van der Waals surface area contributed by atoms with Crippen LogP contribution in [0, 0.1) is 5.13 Å². The van der Waals surface area contributed by atoms with E-state index in [9.17, 15) is 4.39 Å². The largest absolute Gasteiger partial charge is 0.508 e. The number of rotatable bonds is 0. The molecule has 4 heteroatoms. The van der Waals surface area contributed by atoms with Crippen LogP contribution in [-0.2, 0) is 0 Å². The van der Waals surface area contributed by atoms with E-state index in [1.165, 1.54) is 18.2 Å². The molecule has 0 radical (unpaired) electrons. The van der Waals surface area contributed by atoms with E-state index in [0.29, 0.717) is 15.8 Å². The van der Waals surface area contributed by atoms with Crippen molar-refractivity contribution < 1.29 is 9.50 Å². The van der Waals surface area contributed by atoms with Gasteiger partial charge >= 0.3 is 0 Å². The lowest BCUT2D eigenvalue weighted by atomic mass is 10.2. The molecule has 2 nitrogen and oxygen atoms in total. The topological polar surface area (TPSA) is 46.2 Å². The van der Waals surface area contributed by atoms with Crippen molar-refractivity contribution in [3.8, 4) is 5.75 Å². The summed E-state index contributed by atoms with van der Waals surface area (Å²) in [6.45, 7) is 0. The predicted octanol–water partition coefficient (Wildman–Crippen LogP) is 2.33. The fraction of sp³-hybridized carbons (Fsp3) is 0. The van der Waals surface area contributed by atoms with Crippen LogP contribution in [0.1, 0.15) is 0 Å². The normalized spacial score (nSPS) is 10.8. The summed E-state index contributed by atoms with van der Waals surface area (Å²) in [6.07, 6.45) is 0. The highest BCUT2D eigenvalue weighted by molar-refractivity contribution is 7.18. The van der Waals surface area contributed by atoms with Gasteiger partial charge < -0.3 is 10.8 Å². The fourth-order valence-electron chi connectivity index (χ4n) is 1.13. The van der Waals surface area contributed by atoms with Gasteiger partial charge in [0.1, 0.15) is 5.75 Å². The Kier molecular flexibility index (Phi) is 1.44. The molecule has 0 unspecified atom stereocenters. The van der Waals surface area contributed by atoms with Crippen molar-refractivity contribution in [3.05, 3.63) is 23.3 Å². The molecule has 1 aromatic carbocycles. The minimum atomic E-state index is -0.290. The molecule has 0 saturated carbocycles. The molecule has 0 aliphatic carbocycles. The smallest absolute Gasteiger partial charge is 0.177 e. The van der Waals surface area contributed by atoms with Crippen molar-refractivity contribution in [2.75, 3.05) is 5.73 Å². The van der Waals surface area contributed by atoms with Gasteiger partial charge in [0.2, 0.25) is 0 Å². The molecule has 62 valence electrons. The zero-order valence-corrected chi connectivity index (χ0v) is 6.86. The zero-order valence-electron chi connectivity index (χ0n) is 6.04. The molecular weight excluding hydrogens is 177 g/mol. The number of hydrogen-bond donors (Lipinski definition) is 2. The molecule has 12 heavy (non-hydrogen) atoms. The molecular formula is C8H6FNOS. The van der Waals surface area contributed by atoms with Crippen molar-refractivity contribution in [1.29, 1.82) is 0 Å². The van der Waals surface area contributed by atoms with Gasteiger partial charge in [0, 0.05) is 11.5 Å². The maximum atomic E-state index is 12.7. The van der Waals surface area contributed by atoms with Crippen LogP contribution >= 0.6 is 11.3 Å². The van der Waals surface area contributed by atoms with Crippen LogP contribution in [-0.4, -0.2) is 5.11 Å². The van der Waals surface area contributed by atoms with Crippen LogP contribution in [0.3, 0.4) is 0 Å². The summed E-state index contributed by atoms with van der Waals surface area (Å²) in [6, 6.07) is 4.26. The van der Waals surface area contributed by atoms with E-state index in [-0.39, 0.29) is 10.9 Å². The summed E-state index contributed by atoms with van der Waals surface area (Å²) in [4.78, 5) is 0. The van der Waals surface area contributed by atoms with Crippen LogP contribution in [0.5, 0.6) is 5.75 Å². The first kappa shape index (κ1) is 7.36. The van der Waals surface area contributed by atoms with E-state index in [0.717, 1.165) is 11.3 Å². The van der Waals surface area contributed by atoms with Crippen molar-refractivity contribution in [1.82, 2.24) is 0 Å². The number of phenols is 1. The first-order chi connectivity index (χ1) is 5.66. The van der Waals surface area contributed by atoms with Crippen molar-refractivity contribution in [2.24, 2.45) is 0 Å². The Morgan fingerprint density at radius 2 is 2.08 bits per heavy atom. The maximum absolute atomic E-state index is 12.7. The molecule has 0 aliphatic rings. The van der Waals surface area contributed by atoms with Gasteiger partial charge in [0.05, 0.1) is 10.4 Å². The van der Waals surface area contributed by atoms with Gasteiger partial charge in [-0.1, -0.05) is 0 Å². The first-order valence-corrected chi connectivity index (χ1v) is 4.16. The van der Waals surface area contributed by atoms with Crippen molar-refractivity contribution in [3.63, 3.8) is 0 Å². The monoisotopic (exact) mass is 183 g/mol. The molecule has 0 atom stereocenters. The minimum absolute atomic E-state index is 0.0674. The van der Waals surface area contributed by atoms with E-state index in [2.05, 4.69) is 0 Å². The molecule has 2 rings (SSSR count). The number of aromatic hydroxyl groups is 1. The molecule has 1 heterocycles. The number of nitrogen functional groups attached to an aromatic ring is 1. The minimum Gasteiger partial charge on any atom is -0.508 e. The van der Waals surface area contributed by atoms with E-state index < -0.39 is 0 Å². The molecule has 0 fully saturated rings. The van der Waals surface area contributed by atoms with Gasteiger partial charge in [-0.2, -0.15) is 4.39 Å². The van der Waals surface area contributed by atoms with Crippen LogP contribution in [0.4, 0.5) is 10.1 Å². The molecule has 3 N–H and O–H groups in total. The standard InChI is InChI=1S/C8H6FNOS/c9-7-2-4-1-5(11)3-6(10)8(4)12-7/h1-3,11H,10H2. The van der Waals surface area contributed by atoms with E-state index >= 15 is 0 Å². The predicted molar refractivity (Wildman–Crippen MR) is 47.9 cm³/mol. The Balaban J connectivity index is 2.88. The number of hydrogen-bond acceptors (Lipinski definition) is 3.